The minimum Gasteiger partial charge on any atom is -0.472 e. The maximum atomic E-state index is 11.2. The van der Waals surface area contributed by atoms with Crippen LogP contribution >= 0.6 is 15.9 Å². The molecule has 0 aliphatic rings. The fourth-order valence-corrected chi connectivity index (χ4v) is 0.880. The van der Waals surface area contributed by atoms with Gasteiger partial charge in [-0.25, -0.2) is 4.79 Å². The molecule has 3 nitrogen and oxygen atoms in total. The quantitative estimate of drug-likeness (QED) is 0.606. The van der Waals surface area contributed by atoms with Gasteiger partial charge in [0.1, 0.15) is 12.9 Å². The highest BCUT2D eigenvalue weighted by Gasteiger charge is 2.10. The van der Waals surface area contributed by atoms with Crippen LogP contribution in [0.25, 0.3) is 0 Å². The van der Waals surface area contributed by atoms with E-state index in [1.165, 1.54) is 12.5 Å². The maximum absolute atomic E-state index is 11.2. The SMILES string of the molecule is CCC(Br)COC(=O)c1ccoc1. The van der Waals surface area contributed by atoms with E-state index in [1.807, 2.05) is 6.92 Å². The Labute approximate surface area is 85.2 Å². The number of carbonyl (C=O) groups is 1. The zero-order chi connectivity index (χ0) is 9.68. The average molecular weight is 247 g/mol. The van der Waals surface area contributed by atoms with E-state index in [9.17, 15) is 4.79 Å². The fraction of sp³-hybridized carbons (Fsp3) is 0.444. The highest BCUT2D eigenvalue weighted by molar-refractivity contribution is 9.09. The summed E-state index contributed by atoms with van der Waals surface area (Å²) in [7, 11) is 0. The number of rotatable bonds is 4. The summed E-state index contributed by atoms with van der Waals surface area (Å²) in [5.41, 5.74) is 0.454. The Kier molecular flexibility index (Phi) is 4.02. The molecular weight excluding hydrogens is 236 g/mol. The number of carbonyl (C=O) groups excluding carboxylic acids is 1. The van der Waals surface area contributed by atoms with Gasteiger partial charge in [0, 0.05) is 4.83 Å². The first kappa shape index (κ1) is 10.3. The lowest BCUT2D eigenvalue weighted by Crippen LogP contribution is -2.12. The lowest BCUT2D eigenvalue weighted by atomic mass is 10.3. The molecule has 13 heavy (non-hydrogen) atoms. The molecule has 0 N–H and O–H groups in total. The first-order valence-electron chi connectivity index (χ1n) is 4.07. The topological polar surface area (TPSA) is 39.4 Å². The highest BCUT2D eigenvalue weighted by atomic mass is 79.9. The molecule has 72 valence electrons. The third-order valence-electron chi connectivity index (χ3n) is 1.60. The number of halogens is 1. The smallest absolute Gasteiger partial charge is 0.341 e. The van der Waals surface area contributed by atoms with Crippen molar-refractivity contribution < 1.29 is 13.9 Å². The molecule has 0 aliphatic carbocycles. The molecular formula is C9H11BrO3. The van der Waals surface area contributed by atoms with Crippen LogP contribution < -0.4 is 0 Å². The predicted molar refractivity (Wildman–Crippen MR) is 52.0 cm³/mol. The summed E-state index contributed by atoms with van der Waals surface area (Å²) in [5, 5.41) is 0. The van der Waals surface area contributed by atoms with Gasteiger partial charge < -0.3 is 9.15 Å². The van der Waals surface area contributed by atoms with Crippen LogP contribution in [0, 0.1) is 0 Å². The lowest BCUT2D eigenvalue weighted by Gasteiger charge is -2.06. The van der Waals surface area contributed by atoms with Crippen molar-refractivity contribution in [1.82, 2.24) is 0 Å². The first-order chi connectivity index (χ1) is 6.24. The molecule has 1 rings (SSSR count). The Bertz CT molecular complexity index is 256. The van der Waals surface area contributed by atoms with Crippen LogP contribution in [0.3, 0.4) is 0 Å². The van der Waals surface area contributed by atoms with Gasteiger partial charge in [-0.15, -0.1) is 0 Å². The second-order valence-corrected chi connectivity index (χ2v) is 3.91. The van der Waals surface area contributed by atoms with Gasteiger partial charge in [-0.05, 0) is 12.5 Å². The molecule has 1 atom stereocenters. The predicted octanol–water partition coefficient (Wildman–Crippen LogP) is 2.61. The van der Waals surface area contributed by atoms with Gasteiger partial charge in [-0.2, -0.15) is 0 Å². The molecule has 1 aromatic rings. The minimum absolute atomic E-state index is 0.225. The number of hydrogen-bond acceptors (Lipinski definition) is 3. The summed E-state index contributed by atoms with van der Waals surface area (Å²) in [6.45, 7) is 2.41. The molecule has 0 spiro atoms. The largest absolute Gasteiger partial charge is 0.472 e. The molecule has 0 aliphatic heterocycles. The molecule has 0 bridgehead atoms. The van der Waals surface area contributed by atoms with Crippen molar-refractivity contribution >= 4 is 21.9 Å². The van der Waals surface area contributed by atoms with Crippen LogP contribution in [0.2, 0.25) is 0 Å². The monoisotopic (exact) mass is 246 g/mol. The Balaban J connectivity index is 2.35. The third-order valence-corrected chi connectivity index (χ3v) is 2.51. The van der Waals surface area contributed by atoms with Crippen molar-refractivity contribution in [2.75, 3.05) is 6.61 Å². The summed E-state index contributed by atoms with van der Waals surface area (Å²) >= 11 is 3.37. The molecule has 1 aromatic heterocycles. The molecule has 0 saturated carbocycles. The van der Waals surface area contributed by atoms with Gasteiger partial charge >= 0.3 is 5.97 Å². The van der Waals surface area contributed by atoms with Gasteiger partial charge in [-0.3, -0.25) is 0 Å². The van der Waals surface area contributed by atoms with Crippen LogP contribution in [-0.2, 0) is 4.74 Å². The Hall–Kier alpha value is -0.770. The van der Waals surface area contributed by atoms with E-state index in [0.29, 0.717) is 12.2 Å². The van der Waals surface area contributed by atoms with E-state index in [1.54, 1.807) is 6.07 Å². The highest BCUT2D eigenvalue weighted by Crippen LogP contribution is 2.07. The van der Waals surface area contributed by atoms with Crippen molar-refractivity contribution in [3.05, 3.63) is 24.2 Å². The Morgan fingerprint density at radius 1 is 1.77 bits per heavy atom. The second kappa shape index (κ2) is 5.07. The molecule has 0 amide bonds. The van der Waals surface area contributed by atoms with Gasteiger partial charge in [0.25, 0.3) is 0 Å². The van der Waals surface area contributed by atoms with Crippen LogP contribution in [0.15, 0.2) is 23.0 Å². The summed E-state index contributed by atoms with van der Waals surface area (Å²) in [6.07, 6.45) is 3.75. The zero-order valence-electron chi connectivity index (χ0n) is 7.33. The van der Waals surface area contributed by atoms with Gasteiger partial charge in [0.15, 0.2) is 0 Å². The lowest BCUT2D eigenvalue weighted by molar-refractivity contribution is 0.0506. The zero-order valence-corrected chi connectivity index (χ0v) is 8.91. The van der Waals surface area contributed by atoms with Crippen LogP contribution in [0.4, 0.5) is 0 Å². The molecule has 1 unspecified atom stereocenters. The van der Waals surface area contributed by atoms with Crippen molar-refractivity contribution in [1.29, 1.82) is 0 Å². The van der Waals surface area contributed by atoms with Crippen LogP contribution in [-0.4, -0.2) is 17.4 Å². The normalized spacial score (nSPS) is 12.5. The Morgan fingerprint density at radius 3 is 3.08 bits per heavy atom. The molecule has 4 heteroatoms. The van der Waals surface area contributed by atoms with Crippen LogP contribution in [0.5, 0.6) is 0 Å². The number of alkyl halides is 1. The molecule has 0 fully saturated rings. The molecule has 0 aromatic carbocycles. The van der Waals surface area contributed by atoms with Crippen molar-refractivity contribution in [3.63, 3.8) is 0 Å². The van der Waals surface area contributed by atoms with E-state index in [4.69, 9.17) is 9.15 Å². The van der Waals surface area contributed by atoms with Crippen molar-refractivity contribution in [3.8, 4) is 0 Å². The molecule has 1 heterocycles. The summed E-state index contributed by atoms with van der Waals surface area (Å²) in [5.74, 6) is -0.341. The van der Waals surface area contributed by atoms with E-state index in [-0.39, 0.29) is 10.8 Å². The number of hydrogen-bond donors (Lipinski definition) is 0. The summed E-state index contributed by atoms with van der Waals surface area (Å²) in [6, 6.07) is 1.58. The summed E-state index contributed by atoms with van der Waals surface area (Å²) in [4.78, 5) is 11.4. The first-order valence-corrected chi connectivity index (χ1v) is 4.99. The number of esters is 1. The number of ether oxygens (including phenoxy) is 1. The fourth-order valence-electron chi connectivity index (χ4n) is 0.748. The van der Waals surface area contributed by atoms with Crippen molar-refractivity contribution in [2.45, 2.75) is 18.2 Å². The molecule has 0 radical (unpaired) electrons. The standard InChI is InChI=1S/C9H11BrO3/c1-2-8(10)6-13-9(11)7-3-4-12-5-7/h3-5,8H,2,6H2,1H3. The second-order valence-electron chi connectivity index (χ2n) is 2.62. The maximum Gasteiger partial charge on any atom is 0.341 e. The van der Waals surface area contributed by atoms with Crippen molar-refractivity contribution in [2.24, 2.45) is 0 Å². The summed E-state index contributed by atoms with van der Waals surface area (Å²) < 4.78 is 9.75. The van der Waals surface area contributed by atoms with Gasteiger partial charge in [0.05, 0.1) is 11.8 Å². The molecule has 0 saturated heterocycles. The average Bonchev–Trinajstić information content (AvgIpc) is 2.66. The Morgan fingerprint density at radius 2 is 2.54 bits per heavy atom. The minimum atomic E-state index is -0.341. The van der Waals surface area contributed by atoms with E-state index < -0.39 is 0 Å². The third kappa shape index (κ3) is 3.22. The number of furan rings is 1. The van der Waals surface area contributed by atoms with E-state index in [2.05, 4.69) is 15.9 Å². The van der Waals surface area contributed by atoms with Crippen LogP contribution in [0.1, 0.15) is 23.7 Å². The van der Waals surface area contributed by atoms with E-state index in [0.717, 1.165) is 6.42 Å². The van der Waals surface area contributed by atoms with Gasteiger partial charge in [-0.1, -0.05) is 22.9 Å². The van der Waals surface area contributed by atoms with Gasteiger partial charge in [0.2, 0.25) is 0 Å². The van der Waals surface area contributed by atoms with E-state index >= 15 is 0 Å².